The highest BCUT2D eigenvalue weighted by Gasteiger charge is 2.51. The van der Waals surface area contributed by atoms with Crippen LogP contribution in [-0.4, -0.2) is 42.8 Å². The Morgan fingerprint density at radius 3 is 2.43 bits per heavy atom. The molecule has 1 aliphatic heterocycles. The van der Waals surface area contributed by atoms with E-state index in [4.69, 9.17) is 10.5 Å². The van der Waals surface area contributed by atoms with Crippen molar-refractivity contribution in [2.45, 2.75) is 11.7 Å². The summed E-state index contributed by atoms with van der Waals surface area (Å²) in [5, 5.41) is 0. The van der Waals surface area contributed by atoms with Gasteiger partial charge in [-0.3, -0.25) is 4.79 Å². The number of hydrogen-bond donors (Lipinski definition) is 1. The fourth-order valence-electron chi connectivity index (χ4n) is 3.00. The molecule has 0 aromatic heterocycles. The van der Waals surface area contributed by atoms with Crippen LogP contribution in [0.3, 0.4) is 0 Å². The number of carbonyl (C=O) groups is 2. The summed E-state index contributed by atoms with van der Waals surface area (Å²) in [5.74, 6) is -3.06. The summed E-state index contributed by atoms with van der Waals surface area (Å²) in [6.45, 7) is -1.03. The number of carbonyl (C=O) groups excluding carboxylic acids is 2. The van der Waals surface area contributed by atoms with Crippen molar-refractivity contribution in [1.29, 1.82) is 0 Å². The van der Waals surface area contributed by atoms with Gasteiger partial charge in [-0.05, 0) is 35.4 Å². The molecule has 2 aromatic rings. The number of guanidine groups is 1. The van der Waals surface area contributed by atoms with Crippen LogP contribution in [-0.2, 0) is 19.9 Å². The molecule has 30 heavy (non-hydrogen) atoms. The lowest BCUT2D eigenvalue weighted by Crippen LogP contribution is -2.45. The second kappa shape index (κ2) is 7.98. The lowest BCUT2D eigenvalue weighted by atomic mass is 9.83. The van der Waals surface area contributed by atoms with Crippen LogP contribution in [0.4, 0.5) is 13.2 Å². The van der Waals surface area contributed by atoms with E-state index < -0.39 is 30.3 Å². The van der Waals surface area contributed by atoms with Crippen molar-refractivity contribution in [3.63, 3.8) is 0 Å². The van der Waals surface area contributed by atoms with Gasteiger partial charge in [-0.2, -0.15) is 13.2 Å². The van der Waals surface area contributed by atoms with E-state index in [0.29, 0.717) is 26.2 Å². The molecule has 0 aliphatic carbocycles. The molecule has 3 rings (SSSR count). The van der Waals surface area contributed by atoms with Crippen molar-refractivity contribution >= 4 is 33.8 Å². The Kier molecular flexibility index (Phi) is 5.75. The van der Waals surface area contributed by atoms with Crippen LogP contribution in [0.25, 0.3) is 0 Å². The lowest BCUT2D eigenvalue weighted by molar-refractivity contribution is -0.202. The Hall–Kier alpha value is -3.08. The molecule has 2 N–H and O–H groups in total. The van der Waals surface area contributed by atoms with E-state index in [1.54, 1.807) is 48.5 Å². The Balaban J connectivity index is 2.05. The summed E-state index contributed by atoms with van der Waals surface area (Å²) in [7, 11) is 1.48. The van der Waals surface area contributed by atoms with E-state index in [1.165, 1.54) is 7.11 Å². The van der Waals surface area contributed by atoms with Gasteiger partial charge in [-0.15, -0.1) is 0 Å². The molecule has 0 fully saturated rings. The van der Waals surface area contributed by atoms with E-state index in [2.05, 4.69) is 25.7 Å². The normalized spacial score (nSPS) is 18.9. The second-order valence-corrected chi connectivity index (χ2v) is 7.13. The average molecular weight is 486 g/mol. The van der Waals surface area contributed by atoms with Gasteiger partial charge in [0.05, 0.1) is 7.11 Å². The van der Waals surface area contributed by atoms with Crippen molar-refractivity contribution in [3.8, 4) is 5.75 Å². The standard InChI is InChI=1S/C19H15BrF3N3O4/c1-29-14-7-5-11(6-8-14)18(12-3-2-4-13(20)9-12)15(27)26(17(24)25-18)10-30-16(28)19(21,22)23/h2-9H,10H2,1H3,(H2,24,25). The average Bonchev–Trinajstić information content (AvgIpc) is 2.96. The summed E-state index contributed by atoms with van der Waals surface area (Å²) in [6.07, 6.45) is -5.20. The number of amides is 1. The molecule has 1 heterocycles. The summed E-state index contributed by atoms with van der Waals surface area (Å²) >= 11 is 3.33. The predicted octanol–water partition coefficient (Wildman–Crippen LogP) is 2.92. The predicted molar refractivity (Wildman–Crippen MR) is 103 cm³/mol. The van der Waals surface area contributed by atoms with Gasteiger partial charge in [0, 0.05) is 4.47 Å². The van der Waals surface area contributed by atoms with E-state index in [1.807, 2.05) is 0 Å². The highest BCUT2D eigenvalue weighted by Crippen LogP contribution is 2.41. The van der Waals surface area contributed by atoms with Gasteiger partial charge >= 0.3 is 12.1 Å². The van der Waals surface area contributed by atoms with Crippen LogP contribution in [0.15, 0.2) is 58.0 Å². The van der Waals surface area contributed by atoms with Crippen molar-refractivity contribution in [3.05, 3.63) is 64.1 Å². The van der Waals surface area contributed by atoms with Crippen LogP contribution >= 0.6 is 15.9 Å². The molecule has 1 unspecified atom stereocenters. The Bertz CT molecular complexity index is 1010. The topological polar surface area (TPSA) is 94.2 Å². The number of ether oxygens (including phenoxy) is 2. The molecule has 11 heteroatoms. The lowest BCUT2D eigenvalue weighted by Gasteiger charge is -2.27. The quantitative estimate of drug-likeness (QED) is 0.657. The van der Waals surface area contributed by atoms with Crippen LogP contribution in [0.2, 0.25) is 0 Å². The first-order chi connectivity index (χ1) is 14.1. The third-order valence-electron chi connectivity index (χ3n) is 4.42. The second-order valence-electron chi connectivity index (χ2n) is 6.21. The smallest absolute Gasteiger partial charge is 0.490 e. The molecule has 0 saturated carbocycles. The zero-order valence-corrected chi connectivity index (χ0v) is 17.0. The minimum Gasteiger partial charge on any atom is -0.497 e. The number of rotatable bonds is 5. The third-order valence-corrected chi connectivity index (χ3v) is 4.91. The molecule has 7 nitrogen and oxygen atoms in total. The van der Waals surface area contributed by atoms with E-state index >= 15 is 0 Å². The summed E-state index contributed by atoms with van der Waals surface area (Å²) in [6, 6.07) is 13.1. The highest BCUT2D eigenvalue weighted by molar-refractivity contribution is 9.10. The van der Waals surface area contributed by atoms with Crippen molar-refractivity contribution in [2.24, 2.45) is 10.7 Å². The van der Waals surface area contributed by atoms with Gasteiger partial charge in [0.1, 0.15) is 5.75 Å². The SMILES string of the molecule is COc1ccc(C2(c3cccc(Br)c3)N=C(N)N(COC(=O)C(F)(F)F)C2=O)cc1. The monoisotopic (exact) mass is 485 g/mol. The third kappa shape index (κ3) is 3.84. The molecular weight excluding hydrogens is 471 g/mol. The largest absolute Gasteiger partial charge is 0.497 e. The molecule has 0 spiro atoms. The van der Waals surface area contributed by atoms with Crippen molar-refractivity contribution in [1.82, 2.24) is 4.90 Å². The molecule has 0 saturated heterocycles. The molecule has 1 atom stereocenters. The Morgan fingerprint density at radius 1 is 1.20 bits per heavy atom. The number of esters is 1. The van der Waals surface area contributed by atoms with Gasteiger partial charge in [0.2, 0.25) is 5.96 Å². The summed E-state index contributed by atoms with van der Waals surface area (Å²) in [4.78, 5) is 29.4. The Morgan fingerprint density at radius 2 is 1.87 bits per heavy atom. The molecule has 0 bridgehead atoms. The maximum absolute atomic E-state index is 13.4. The fraction of sp³-hybridized carbons (Fsp3) is 0.211. The molecule has 0 radical (unpaired) electrons. The molecule has 2 aromatic carbocycles. The summed E-state index contributed by atoms with van der Waals surface area (Å²) < 4.78 is 47.4. The molecule has 1 aliphatic rings. The molecule has 158 valence electrons. The number of halogens is 4. The van der Waals surface area contributed by atoms with Gasteiger partial charge in [0.15, 0.2) is 12.3 Å². The van der Waals surface area contributed by atoms with Gasteiger partial charge in [-0.1, -0.05) is 40.2 Å². The zero-order chi connectivity index (χ0) is 22.1. The zero-order valence-electron chi connectivity index (χ0n) is 15.4. The van der Waals surface area contributed by atoms with Crippen molar-refractivity contribution < 1.29 is 32.2 Å². The first kappa shape index (κ1) is 21.6. The van der Waals surface area contributed by atoms with Crippen LogP contribution in [0.5, 0.6) is 5.75 Å². The first-order valence-electron chi connectivity index (χ1n) is 8.41. The van der Waals surface area contributed by atoms with Crippen LogP contribution in [0, 0.1) is 0 Å². The van der Waals surface area contributed by atoms with Gasteiger partial charge < -0.3 is 15.2 Å². The number of nitrogens with two attached hydrogens (primary N) is 1. The number of methoxy groups -OCH3 is 1. The van der Waals surface area contributed by atoms with Gasteiger partial charge in [-0.25, -0.2) is 14.7 Å². The van der Waals surface area contributed by atoms with E-state index in [9.17, 15) is 22.8 Å². The van der Waals surface area contributed by atoms with Crippen molar-refractivity contribution in [2.75, 3.05) is 13.8 Å². The maximum atomic E-state index is 13.4. The summed E-state index contributed by atoms with van der Waals surface area (Å²) in [5.41, 5.74) is 5.00. The highest BCUT2D eigenvalue weighted by atomic mass is 79.9. The van der Waals surface area contributed by atoms with Crippen LogP contribution < -0.4 is 10.5 Å². The number of nitrogens with zero attached hydrogens (tertiary/aromatic N) is 2. The minimum absolute atomic E-state index is 0.384. The van der Waals surface area contributed by atoms with Gasteiger partial charge in [0.25, 0.3) is 5.91 Å². The number of aliphatic imine (C=N–C) groups is 1. The Labute approximate surface area is 177 Å². The van der Waals surface area contributed by atoms with E-state index in [-0.39, 0.29) is 5.96 Å². The van der Waals surface area contributed by atoms with E-state index in [0.717, 1.165) is 0 Å². The molecule has 1 amide bonds. The minimum atomic E-state index is -5.20. The molecular formula is C19H15BrF3N3O4. The number of benzene rings is 2. The fourth-order valence-corrected chi connectivity index (χ4v) is 3.40. The first-order valence-corrected chi connectivity index (χ1v) is 9.20. The van der Waals surface area contributed by atoms with Crippen LogP contribution in [0.1, 0.15) is 11.1 Å². The maximum Gasteiger partial charge on any atom is 0.490 e. The number of hydrogen-bond acceptors (Lipinski definition) is 6. The number of alkyl halides is 3.